The molecule has 1 saturated heterocycles. The zero-order valence-corrected chi connectivity index (χ0v) is 15.7. The number of nitrogens with zero attached hydrogens (tertiary/aromatic N) is 2. The van der Waals surface area contributed by atoms with Gasteiger partial charge in [-0.2, -0.15) is 11.8 Å². The lowest BCUT2D eigenvalue weighted by Crippen LogP contribution is -2.47. The van der Waals surface area contributed by atoms with E-state index in [-0.39, 0.29) is 17.7 Å². The van der Waals surface area contributed by atoms with Crippen LogP contribution >= 0.6 is 11.8 Å². The fourth-order valence-electron chi connectivity index (χ4n) is 2.86. The Hall–Kier alpha value is -1.76. The molecule has 1 aliphatic rings. The van der Waals surface area contributed by atoms with Crippen molar-refractivity contribution in [3.63, 3.8) is 0 Å². The molecule has 138 valence electrons. The van der Waals surface area contributed by atoms with Crippen LogP contribution in [-0.2, 0) is 15.3 Å². The molecule has 1 heterocycles. The molecule has 0 saturated carbocycles. The van der Waals surface area contributed by atoms with Crippen LogP contribution in [0, 0.1) is 11.7 Å². The van der Waals surface area contributed by atoms with Crippen molar-refractivity contribution in [3.05, 3.63) is 35.6 Å². The van der Waals surface area contributed by atoms with E-state index in [2.05, 4.69) is 15.2 Å². The SMILES string of the molecule is CN=C(NCCSCc1ccccc1F)N1CCC(C(=O)OC)CC1. The Bertz CT molecular complexity index is 589. The summed E-state index contributed by atoms with van der Waals surface area (Å²) in [7, 11) is 3.20. The lowest BCUT2D eigenvalue weighted by atomic mass is 9.97. The number of likely N-dealkylation sites (tertiary alicyclic amines) is 1. The van der Waals surface area contributed by atoms with E-state index in [1.165, 1.54) is 13.2 Å². The van der Waals surface area contributed by atoms with Crippen LogP contribution in [0.3, 0.4) is 0 Å². The number of nitrogens with one attached hydrogen (secondary N) is 1. The summed E-state index contributed by atoms with van der Waals surface area (Å²) in [5.74, 6) is 2.12. The van der Waals surface area contributed by atoms with E-state index in [4.69, 9.17) is 4.74 Å². The maximum Gasteiger partial charge on any atom is 0.308 e. The maximum absolute atomic E-state index is 13.6. The first-order valence-electron chi connectivity index (χ1n) is 8.50. The van der Waals surface area contributed by atoms with Gasteiger partial charge in [0.05, 0.1) is 13.0 Å². The molecule has 0 atom stereocenters. The van der Waals surface area contributed by atoms with Gasteiger partial charge in [0.15, 0.2) is 5.96 Å². The van der Waals surface area contributed by atoms with Crippen LogP contribution in [0.1, 0.15) is 18.4 Å². The van der Waals surface area contributed by atoms with Crippen LogP contribution in [-0.4, -0.2) is 56.4 Å². The molecule has 1 aromatic rings. The van der Waals surface area contributed by atoms with Gasteiger partial charge in [-0.05, 0) is 24.5 Å². The summed E-state index contributed by atoms with van der Waals surface area (Å²) in [4.78, 5) is 18.1. The zero-order chi connectivity index (χ0) is 18.1. The number of carbonyl (C=O) groups is 1. The Kier molecular flexibility index (Phi) is 8.04. The molecule has 1 N–H and O–H groups in total. The van der Waals surface area contributed by atoms with Crippen molar-refractivity contribution < 1.29 is 13.9 Å². The molecule has 2 rings (SSSR count). The lowest BCUT2D eigenvalue weighted by molar-refractivity contribution is -0.146. The zero-order valence-electron chi connectivity index (χ0n) is 14.8. The molecule has 0 bridgehead atoms. The number of piperidine rings is 1. The van der Waals surface area contributed by atoms with E-state index in [1.54, 1.807) is 24.9 Å². The first-order valence-corrected chi connectivity index (χ1v) is 9.65. The number of hydrogen-bond donors (Lipinski definition) is 1. The van der Waals surface area contributed by atoms with Crippen LogP contribution < -0.4 is 5.32 Å². The van der Waals surface area contributed by atoms with Crippen molar-refractivity contribution >= 4 is 23.7 Å². The van der Waals surface area contributed by atoms with Gasteiger partial charge >= 0.3 is 5.97 Å². The van der Waals surface area contributed by atoms with Gasteiger partial charge in [-0.15, -0.1) is 0 Å². The molecular weight excluding hydrogens is 341 g/mol. The highest BCUT2D eigenvalue weighted by Gasteiger charge is 2.26. The summed E-state index contributed by atoms with van der Waals surface area (Å²) in [6.07, 6.45) is 1.57. The topological polar surface area (TPSA) is 53.9 Å². The molecule has 0 aliphatic carbocycles. The summed E-state index contributed by atoms with van der Waals surface area (Å²) >= 11 is 1.69. The molecule has 0 aromatic heterocycles. The molecule has 0 amide bonds. The first-order chi connectivity index (χ1) is 12.2. The standard InChI is InChI=1S/C18H26FN3O2S/c1-20-18(22-10-7-14(8-11-22)17(23)24-2)21-9-12-25-13-15-5-3-4-6-16(15)19/h3-6,14H,7-13H2,1-2H3,(H,20,21). The number of methoxy groups -OCH3 is 1. The molecule has 1 aromatic carbocycles. The Balaban J connectivity index is 1.67. The predicted molar refractivity (Wildman–Crippen MR) is 100 cm³/mol. The molecule has 25 heavy (non-hydrogen) atoms. The minimum atomic E-state index is -0.146. The Morgan fingerprint density at radius 1 is 1.40 bits per heavy atom. The highest BCUT2D eigenvalue weighted by atomic mass is 32.2. The second kappa shape index (κ2) is 10.3. The Morgan fingerprint density at radius 2 is 2.12 bits per heavy atom. The minimum Gasteiger partial charge on any atom is -0.469 e. The van der Waals surface area contributed by atoms with Crippen LogP contribution in [0.5, 0.6) is 0 Å². The number of thioether (sulfide) groups is 1. The fraction of sp³-hybridized carbons (Fsp3) is 0.556. The number of rotatable bonds is 6. The Labute approximate surface area is 153 Å². The maximum atomic E-state index is 13.6. The average Bonchev–Trinajstić information content (AvgIpc) is 2.65. The van der Waals surface area contributed by atoms with Crippen molar-refractivity contribution in [1.82, 2.24) is 10.2 Å². The number of aliphatic imine (C=N–C) groups is 1. The van der Waals surface area contributed by atoms with Gasteiger partial charge in [-0.25, -0.2) is 4.39 Å². The molecule has 5 nitrogen and oxygen atoms in total. The highest BCUT2D eigenvalue weighted by molar-refractivity contribution is 7.98. The molecule has 1 aliphatic heterocycles. The van der Waals surface area contributed by atoms with Crippen LogP contribution in [0.25, 0.3) is 0 Å². The van der Waals surface area contributed by atoms with Crippen LogP contribution in [0.15, 0.2) is 29.3 Å². The van der Waals surface area contributed by atoms with E-state index in [9.17, 15) is 9.18 Å². The predicted octanol–water partition coefficient (Wildman–Crippen LogP) is 2.52. The van der Waals surface area contributed by atoms with Gasteiger partial charge in [0, 0.05) is 38.2 Å². The van der Waals surface area contributed by atoms with Crippen LogP contribution in [0.2, 0.25) is 0 Å². The molecule has 1 fully saturated rings. The van der Waals surface area contributed by atoms with Gasteiger partial charge < -0.3 is 15.0 Å². The number of benzene rings is 1. The number of guanidine groups is 1. The summed E-state index contributed by atoms with van der Waals surface area (Å²) in [6, 6.07) is 6.88. The van der Waals surface area contributed by atoms with E-state index in [1.807, 2.05) is 12.1 Å². The fourth-order valence-corrected chi connectivity index (χ4v) is 3.70. The summed E-state index contributed by atoms with van der Waals surface area (Å²) < 4.78 is 18.4. The average molecular weight is 367 g/mol. The second-order valence-electron chi connectivity index (χ2n) is 5.90. The third-order valence-corrected chi connectivity index (χ3v) is 5.29. The second-order valence-corrected chi connectivity index (χ2v) is 7.01. The van der Waals surface area contributed by atoms with Crippen molar-refractivity contribution in [2.45, 2.75) is 18.6 Å². The van der Waals surface area contributed by atoms with Gasteiger partial charge in [-0.1, -0.05) is 18.2 Å². The van der Waals surface area contributed by atoms with Crippen molar-refractivity contribution in [2.75, 3.05) is 39.5 Å². The number of ether oxygens (including phenoxy) is 1. The minimum absolute atomic E-state index is 0.00400. The van der Waals surface area contributed by atoms with Crippen molar-refractivity contribution in [3.8, 4) is 0 Å². The third-order valence-electron chi connectivity index (χ3n) is 4.29. The smallest absolute Gasteiger partial charge is 0.308 e. The molecule has 0 spiro atoms. The Morgan fingerprint density at radius 3 is 2.76 bits per heavy atom. The summed E-state index contributed by atoms with van der Waals surface area (Å²) in [5.41, 5.74) is 0.738. The lowest BCUT2D eigenvalue weighted by Gasteiger charge is -2.33. The van der Waals surface area contributed by atoms with E-state index in [0.29, 0.717) is 5.75 Å². The molecule has 0 radical (unpaired) electrons. The molecular formula is C18H26FN3O2S. The summed E-state index contributed by atoms with van der Waals surface area (Å²) in [5, 5.41) is 3.34. The quantitative estimate of drug-likeness (QED) is 0.362. The number of esters is 1. The van der Waals surface area contributed by atoms with E-state index in [0.717, 1.165) is 49.8 Å². The highest BCUT2D eigenvalue weighted by Crippen LogP contribution is 2.18. The summed E-state index contributed by atoms with van der Waals surface area (Å²) in [6.45, 7) is 2.35. The first kappa shape index (κ1) is 19.6. The van der Waals surface area contributed by atoms with Crippen molar-refractivity contribution in [1.29, 1.82) is 0 Å². The normalized spacial score (nSPS) is 16.0. The number of carbonyl (C=O) groups excluding carboxylic acids is 1. The van der Waals surface area contributed by atoms with Gasteiger partial charge in [-0.3, -0.25) is 9.79 Å². The molecule has 0 unspecified atom stereocenters. The van der Waals surface area contributed by atoms with Crippen LogP contribution in [0.4, 0.5) is 4.39 Å². The van der Waals surface area contributed by atoms with E-state index < -0.39 is 0 Å². The monoisotopic (exact) mass is 367 g/mol. The number of hydrogen-bond acceptors (Lipinski definition) is 4. The van der Waals surface area contributed by atoms with Gasteiger partial charge in [0.2, 0.25) is 0 Å². The van der Waals surface area contributed by atoms with Crippen molar-refractivity contribution in [2.24, 2.45) is 10.9 Å². The van der Waals surface area contributed by atoms with Gasteiger partial charge in [0.25, 0.3) is 0 Å². The number of halogens is 1. The van der Waals surface area contributed by atoms with E-state index >= 15 is 0 Å². The van der Waals surface area contributed by atoms with Gasteiger partial charge in [0.1, 0.15) is 5.82 Å². The molecule has 7 heteroatoms. The largest absolute Gasteiger partial charge is 0.469 e. The third kappa shape index (κ3) is 5.92.